The van der Waals surface area contributed by atoms with Crippen LogP contribution in [0, 0.1) is 5.92 Å². The molecule has 3 nitrogen and oxygen atoms in total. The van der Waals surface area contributed by atoms with Crippen molar-refractivity contribution in [2.75, 3.05) is 13.2 Å². The van der Waals surface area contributed by atoms with Crippen LogP contribution in [0.25, 0.3) is 0 Å². The third-order valence-corrected chi connectivity index (χ3v) is 4.29. The van der Waals surface area contributed by atoms with Crippen molar-refractivity contribution in [1.29, 1.82) is 0 Å². The Kier molecular flexibility index (Phi) is 3.19. The van der Waals surface area contributed by atoms with Crippen LogP contribution in [0.3, 0.4) is 0 Å². The van der Waals surface area contributed by atoms with Crippen molar-refractivity contribution in [3.05, 3.63) is 17.2 Å². The van der Waals surface area contributed by atoms with Gasteiger partial charge in [-0.25, -0.2) is 4.98 Å². The number of hydrogen-bond acceptors (Lipinski definition) is 2. The number of nitrogens with one attached hydrogen (secondary N) is 1. The molecule has 2 aliphatic rings. The molecule has 94 valence electrons. The molecule has 3 heteroatoms. The quantitative estimate of drug-likeness (QED) is 0.854. The molecule has 0 aromatic carbocycles. The van der Waals surface area contributed by atoms with E-state index >= 15 is 0 Å². The monoisotopic (exact) mass is 234 g/mol. The van der Waals surface area contributed by atoms with E-state index in [-0.39, 0.29) is 0 Å². The number of aromatic nitrogens is 2. The molecule has 0 bridgehead atoms. The number of H-pyrrole nitrogens is 1. The molecule has 2 unspecified atom stereocenters. The molecule has 2 atom stereocenters. The highest BCUT2D eigenvalue weighted by molar-refractivity contribution is 5.20. The maximum atomic E-state index is 5.55. The van der Waals surface area contributed by atoms with Crippen LogP contribution in [0.5, 0.6) is 0 Å². The van der Waals surface area contributed by atoms with Crippen molar-refractivity contribution >= 4 is 0 Å². The van der Waals surface area contributed by atoms with Gasteiger partial charge in [-0.05, 0) is 38.0 Å². The number of aromatic amines is 1. The van der Waals surface area contributed by atoms with Crippen molar-refractivity contribution in [2.45, 2.75) is 51.4 Å². The molecule has 17 heavy (non-hydrogen) atoms. The molecule has 0 amide bonds. The molecule has 1 aromatic rings. The number of aryl methyl sites for hydroxylation is 1. The van der Waals surface area contributed by atoms with Crippen molar-refractivity contribution in [3.8, 4) is 0 Å². The SMILES string of the molecule is CCC1CCc2nc(C3CCCOC3)[nH]c2C1. The van der Waals surface area contributed by atoms with E-state index in [1.165, 1.54) is 49.3 Å². The van der Waals surface area contributed by atoms with E-state index in [0.29, 0.717) is 5.92 Å². The van der Waals surface area contributed by atoms with Crippen molar-refractivity contribution in [2.24, 2.45) is 5.92 Å². The summed E-state index contributed by atoms with van der Waals surface area (Å²) in [6.07, 6.45) is 7.37. The summed E-state index contributed by atoms with van der Waals surface area (Å²) in [4.78, 5) is 8.38. The first-order valence-corrected chi connectivity index (χ1v) is 7.02. The van der Waals surface area contributed by atoms with Gasteiger partial charge in [0.25, 0.3) is 0 Å². The van der Waals surface area contributed by atoms with Crippen molar-refractivity contribution < 1.29 is 4.74 Å². The average molecular weight is 234 g/mol. The normalized spacial score (nSPS) is 29.0. The van der Waals surface area contributed by atoms with Gasteiger partial charge in [0.2, 0.25) is 0 Å². The predicted molar refractivity (Wildman–Crippen MR) is 67.2 cm³/mol. The second-order valence-electron chi connectivity index (χ2n) is 5.48. The summed E-state index contributed by atoms with van der Waals surface area (Å²) in [7, 11) is 0. The second-order valence-corrected chi connectivity index (χ2v) is 5.48. The topological polar surface area (TPSA) is 37.9 Å². The number of imidazole rings is 1. The number of nitrogens with zero attached hydrogens (tertiary/aromatic N) is 1. The van der Waals surface area contributed by atoms with Crippen LogP contribution in [0.1, 0.15) is 55.7 Å². The third kappa shape index (κ3) is 2.25. The lowest BCUT2D eigenvalue weighted by molar-refractivity contribution is 0.0782. The number of hydrogen-bond donors (Lipinski definition) is 1. The van der Waals surface area contributed by atoms with Gasteiger partial charge in [-0.1, -0.05) is 13.3 Å². The van der Waals surface area contributed by atoms with Crippen LogP contribution < -0.4 is 0 Å². The maximum Gasteiger partial charge on any atom is 0.112 e. The lowest BCUT2D eigenvalue weighted by Gasteiger charge is -2.20. The van der Waals surface area contributed by atoms with Crippen molar-refractivity contribution in [3.63, 3.8) is 0 Å². The molecule has 0 saturated carbocycles. The standard InChI is InChI=1S/C14H22N2O/c1-2-10-5-6-12-13(8-10)16-14(15-12)11-4-3-7-17-9-11/h10-11H,2-9H2,1H3,(H,15,16). The fourth-order valence-electron chi connectivity index (χ4n) is 3.07. The van der Waals surface area contributed by atoms with E-state index in [2.05, 4.69) is 11.9 Å². The van der Waals surface area contributed by atoms with Crippen LogP contribution >= 0.6 is 0 Å². The van der Waals surface area contributed by atoms with E-state index in [0.717, 1.165) is 25.6 Å². The minimum Gasteiger partial charge on any atom is -0.381 e. The highest BCUT2D eigenvalue weighted by Gasteiger charge is 2.25. The first-order valence-electron chi connectivity index (χ1n) is 7.02. The van der Waals surface area contributed by atoms with Crippen LogP contribution in [-0.4, -0.2) is 23.2 Å². The van der Waals surface area contributed by atoms with Gasteiger partial charge in [-0.15, -0.1) is 0 Å². The Hall–Kier alpha value is -0.830. The number of rotatable bonds is 2. The van der Waals surface area contributed by atoms with Gasteiger partial charge in [0.1, 0.15) is 5.82 Å². The molecule has 3 rings (SSSR count). The second kappa shape index (κ2) is 4.81. The summed E-state index contributed by atoms with van der Waals surface area (Å²) in [6, 6.07) is 0. The largest absolute Gasteiger partial charge is 0.381 e. The summed E-state index contributed by atoms with van der Waals surface area (Å²) in [6.45, 7) is 4.07. The first-order chi connectivity index (χ1) is 8.36. The Morgan fingerprint density at radius 3 is 3.12 bits per heavy atom. The molecule has 2 heterocycles. The highest BCUT2D eigenvalue weighted by Crippen LogP contribution is 2.29. The van der Waals surface area contributed by atoms with Gasteiger partial charge in [0, 0.05) is 18.2 Å². The molecule has 1 aliphatic heterocycles. The van der Waals surface area contributed by atoms with Crippen LogP contribution in [0.2, 0.25) is 0 Å². The fourth-order valence-corrected chi connectivity index (χ4v) is 3.07. The van der Waals surface area contributed by atoms with Gasteiger partial charge < -0.3 is 9.72 Å². The van der Waals surface area contributed by atoms with Gasteiger partial charge >= 0.3 is 0 Å². The third-order valence-electron chi connectivity index (χ3n) is 4.29. The molecule has 0 radical (unpaired) electrons. The minimum atomic E-state index is 0.509. The zero-order valence-corrected chi connectivity index (χ0v) is 10.7. The van der Waals surface area contributed by atoms with Crippen LogP contribution in [-0.2, 0) is 17.6 Å². The Bertz CT molecular complexity index is 380. The summed E-state index contributed by atoms with van der Waals surface area (Å²) in [5.74, 6) is 2.55. The van der Waals surface area contributed by atoms with E-state index in [1.54, 1.807) is 0 Å². The molecule has 1 aliphatic carbocycles. The van der Waals surface area contributed by atoms with Crippen LogP contribution in [0.4, 0.5) is 0 Å². The molecular formula is C14H22N2O. The predicted octanol–water partition coefficient (Wildman–Crippen LogP) is 2.82. The molecule has 0 spiro atoms. The lowest BCUT2D eigenvalue weighted by Crippen LogP contribution is -2.16. The lowest BCUT2D eigenvalue weighted by atomic mass is 9.88. The number of ether oxygens (including phenoxy) is 1. The summed E-state index contributed by atoms with van der Waals surface area (Å²) >= 11 is 0. The van der Waals surface area contributed by atoms with E-state index < -0.39 is 0 Å². The van der Waals surface area contributed by atoms with E-state index in [4.69, 9.17) is 9.72 Å². The van der Waals surface area contributed by atoms with E-state index in [9.17, 15) is 0 Å². The summed E-state index contributed by atoms with van der Waals surface area (Å²) in [5.41, 5.74) is 2.74. The fraction of sp³-hybridized carbons (Fsp3) is 0.786. The van der Waals surface area contributed by atoms with Gasteiger partial charge in [-0.2, -0.15) is 0 Å². The van der Waals surface area contributed by atoms with Gasteiger partial charge in [0.15, 0.2) is 0 Å². The average Bonchev–Trinajstić information content (AvgIpc) is 2.82. The Morgan fingerprint density at radius 2 is 2.35 bits per heavy atom. The Balaban J connectivity index is 1.77. The van der Waals surface area contributed by atoms with Crippen molar-refractivity contribution in [1.82, 2.24) is 9.97 Å². The molecule has 1 aromatic heterocycles. The number of fused-ring (bicyclic) bond motifs is 1. The minimum absolute atomic E-state index is 0.509. The first kappa shape index (κ1) is 11.3. The molecular weight excluding hydrogens is 212 g/mol. The molecule has 1 saturated heterocycles. The highest BCUT2D eigenvalue weighted by atomic mass is 16.5. The summed E-state index contributed by atoms with van der Waals surface area (Å²) < 4.78 is 5.55. The smallest absolute Gasteiger partial charge is 0.112 e. The van der Waals surface area contributed by atoms with Gasteiger partial charge in [-0.3, -0.25) is 0 Å². The van der Waals surface area contributed by atoms with Crippen LogP contribution in [0.15, 0.2) is 0 Å². The van der Waals surface area contributed by atoms with E-state index in [1.807, 2.05) is 0 Å². The Labute approximate surface area is 103 Å². The van der Waals surface area contributed by atoms with Gasteiger partial charge in [0.05, 0.1) is 12.3 Å². The summed E-state index contributed by atoms with van der Waals surface area (Å²) in [5, 5.41) is 0. The zero-order chi connectivity index (χ0) is 11.7. The maximum absolute atomic E-state index is 5.55. The zero-order valence-electron chi connectivity index (χ0n) is 10.7. The Morgan fingerprint density at radius 1 is 1.41 bits per heavy atom. The molecule has 1 fully saturated rings. The molecule has 1 N–H and O–H groups in total.